The van der Waals surface area contributed by atoms with Crippen LogP contribution in [0, 0.1) is 5.92 Å². The van der Waals surface area contributed by atoms with Gasteiger partial charge >= 0.3 is 5.97 Å². The second-order valence-corrected chi connectivity index (χ2v) is 9.41. The normalized spacial score (nSPS) is 20.2. The van der Waals surface area contributed by atoms with Crippen LogP contribution in [0.4, 0.5) is 5.82 Å². The predicted molar refractivity (Wildman–Crippen MR) is 135 cm³/mol. The van der Waals surface area contributed by atoms with Gasteiger partial charge in [-0.15, -0.1) is 0 Å². The topological polar surface area (TPSA) is 78.4 Å². The van der Waals surface area contributed by atoms with E-state index in [0.29, 0.717) is 24.6 Å². The van der Waals surface area contributed by atoms with E-state index in [1.54, 1.807) is 6.20 Å². The molecule has 8 nitrogen and oxygen atoms in total. The maximum absolute atomic E-state index is 12.3. The number of anilines is 1. The van der Waals surface area contributed by atoms with Crippen LogP contribution >= 0.6 is 0 Å². The van der Waals surface area contributed by atoms with Gasteiger partial charge in [-0.3, -0.25) is 4.90 Å². The summed E-state index contributed by atoms with van der Waals surface area (Å²) in [5, 5.41) is 9.83. The Bertz CT molecular complexity index is 903. The summed E-state index contributed by atoms with van der Waals surface area (Å²) in [6.45, 7) is 10.5. The van der Waals surface area contributed by atoms with E-state index in [1.807, 2.05) is 49.4 Å². The molecule has 8 heteroatoms. The fourth-order valence-corrected chi connectivity index (χ4v) is 4.80. The highest BCUT2D eigenvalue weighted by molar-refractivity contribution is 5.89. The van der Waals surface area contributed by atoms with Crippen molar-refractivity contribution in [1.29, 1.82) is 0 Å². The van der Waals surface area contributed by atoms with Crippen molar-refractivity contribution in [3.63, 3.8) is 0 Å². The SMILES string of the molecule is CCOC(O)CN1CCN(CCC2CCN(c3ccc(C(=O)OCc4ccccc4)cn3)C2)CC1. The van der Waals surface area contributed by atoms with Crippen LogP contribution in [0.25, 0.3) is 0 Å². The number of benzene rings is 1. The molecule has 2 aliphatic heterocycles. The maximum atomic E-state index is 12.3. The van der Waals surface area contributed by atoms with Gasteiger partial charge in [0.2, 0.25) is 0 Å². The van der Waals surface area contributed by atoms with E-state index in [4.69, 9.17) is 9.47 Å². The van der Waals surface area contributed by atoms with Crippen molar-refractivity contribution in [3.8, 4) is 0 Å². The van der Waals surface area contributed by atoms with Gasteiger partial charge in [0.25, 0.3) is 0 Å². The molecule has 2 fully saturated rings. The molecule has 0 spiro atoms. The van der Waals surface area contributed by atoms with Crippen LogP contribution in [0.1, 0.15) is 35.7 Å². The standard InChI is InChI=1S/C27H38N4O4/c1-2-34-26(32)20-30-16-14-29(15-17-30)12-10-22-11-13-31(19-22)25-9-8-24(18-28-25)27(33)35-21-23-6-4-3-5-7-23/h3-9,18,22,26,32H,2,10-17,19-21H2,1H3. The fraction of sp³-hybridized carbons (Fsp3) is 0.556. The molecule has 190 valence electrons. The molecule has 2 aromatic rings. The third-order valence-electron chi connectivity index (χ3n) is 6.90. The van der Waals surface area contributed by atoms with Crippen molar-refractivity contribution in [3.05, 3.63) is 59.8 Å². The number of hydrogen-bond acceptors (Lipinski definition) is 8. The zero-order valence-corrected chi connectivity index (χ0v) is 20.7. The van der Waals surface area contributed by atoms with E-state index < -0.39 is 6.29 Å². The Kier molecular flexibility index (Phi) is 9.48. The van der Waals surface area contributed by atoms with Crippen LogP contribution in [0.15, 0.2) is 48.7 Å². The van der Waals surface area contributed by atoms with Crippen LogP contribution < -0.4 is 4.90 Å². The molecule has 2 aliphatic rings. The molecule has 0 saturated carbocycles. The van der Waals surface area contributed by atoms with Gasteiger partial charge in [-0.2, -0.15) is 0 Å². The molecular weight excluding hydrogens is 444 g/mol. The number of aliphatic hydroxyl groups is 1. The molecule has 3 heterocycles. The number of hydrogen-bond donors (Lipinski definition) is 1. The van der Waals surface area contributed by atoms with E-state index in [-0.39, 0.29) is 12.6 Å². The lowest BCUT2D eigenvalue weighted by Crippen LogP contribution is -2.49. The smallest absolute Gasteiger partial charge is 0.340 e. The molecule has 1 N–H and O–H groups in total. The van der Waals surface area contributed by atoms with Crippen molar-refractivity contribution in [1.82, 2.24) is 14.8 Å². The summed E-state index contributed by atoms with van der Waals surface area (Å²) in [4.78, 5) is 24.0. The number of β-amino-alcohol motifs (C(OH)–C–C–N with tert-alkyl or cyclic N) is 1. The monoisotopic (exact) mass is 482 g/mol. The Hall–Kier alpha value is -2.52. The first-order chi connectivity index (χ1) is 17.1. The first-order valence-electron chi connectivity index (χ1n) is 12.8. The van der Waals surface area contributed by atoms with Crippen molar-refractivity contribution in [2.45, 2.75) is 32.7 Å². The van der Waals surface area contributed by atoms with E-state index in [9.17, 15) is 9.90 Å². The molecule has 2 atom stereocenters. The number of carbonyl (C=O) groups excluding carboxylic acids is 1. The lowest BCUT2D eigenvalue weighted by molar-refractivity contribution is -0.112. The van der Waals surface area contributed by atoms with Crippen LogP contribution in [0.2, 0.25) is 0 Å². The lowest BCUT2D eigenvalue weighted by atomic mass is 10.0. The van der Waals surface area contributed by atoms with Crippen LogP contribution in [-0.4, -0.2) is 91.1 Å². The number of piperazine rings is 1. The van der Waals surface area contributed by atoms with E-state index in [0.717, 1.165) is 57.2 Å². The third kappa shape index (κ3) is 7.73. The second-order valence-electron chi connectivity index (χ2n) is 9.41. The average Bonchev–Trinajstić information content (AvgIpc) is 3.37. The Labute approximate surface area is 208 Å². The number of rotatable bonds is 11. The first-order valence-corrected chi connectivity index (χ1v) is 12.8. The number of ether oxygens (including phenoxy) is 2. The minimum Gasteiger partial charge on any atom is -0.457 e. The Morgan fingerprint density at radius 3 is 2.57 bits per heavy atom. The first kappa shape index (κ1) is 25.6. The quantitative estimate of drug-likeness (QED) is 0.387. The van der Waals surface area contributed by atoms with E-state index in [1.165, 1.54) is 12.8 Å². The Morgan fingerprint density at radius 2 is 1.86 bits per heavy atom. The zero-order chi connectivity index (χ0) is 24.5. The van der Waals surface area contributed by atoms with Gasteiger partial charge in [0, 0.05) is 58.6 Å². The van der Waals surface area contributed by atoms with Crippen LogP contribution in [-0.2, 0) is 16.1 Å². The molecule has 35 heavy (non-hydrogen) atoms. The van der Waals surface area contributed by atoms with E-state index in [2.05, 4.69) is 19.7 Å². The summed E-state index contributed by atoms with van der Waals surface area (Å²) in [5.41, 5.74) is 1.45. The minimum atomic E-state index is -0.682. The summed E-state index contributed by atoms with van der Waals surface area (Å²) in [5.74, 6) is 1.23. The molecule has 1 aromatic heterocycles. The third-order valence-corrected chi connectivity index (χ3v) is 6.90. The van der Waals surface area contributed by atoms with Crippen molar-refractivity contribution < 1.29 is 19.4 Å². The van der Waals surface area contributed by atoms with Crippen LogP contribution in [0.5, 0.6) is 0 Å². The van der Waals surface area contributed by atoms with Crippen LogP contribution in [0.3, 0.4) is 0 Å². The molecule has 0 aliphatic carbocycles. The molecule has 2 saturated heterocycles. The molecule has 4 rings (SSSR count). The number of nitrogens with zero attached hydrogens (tertiary/aromatic N) is 4. The molecule has 0 bridgehead atoms. The Balaban J connectivity index is 1.15. The highest BCUT2D eigenvalue weighted by Gasteiger charge is 2.25. The summed E-state index contributed by atoms with van der Waals surface area (Å²) in [6, 6.07) is 13.4. The number of carbonyl (C=O) groups is 1. The molecule has 1 aromatic carbocycles. The van der Waals surface area contributed by atoms with Gasteiger partial charge in [-0.1, -0.05) is 30.3 Å². The van der Waals surface area contributed by atoms with E-state index >= 15 is 0 Å². The van der Waals surface area contributed by atoms with Gasteiger partial charge in [0.05, 0.1) is 5.56 Å². The fourth-order valence-electron chi connectivity index (χ4n) is 4.80. The van der Waals surface area contributed by atoms with Gasteiger partial charge in [0.1, 0.15) is 12.4 Å². The molecule has 0 amide bonds. The predicted octanol–water partition coefficient (Wildman–Crippen LogP) is 2.63. The number of esters is 1. The van der Waals surface area contributed by atoms with Gasteiger partial charge in [-0.05, 0) is 49.9 Å². The molecule has 0 radical (unpaired) electrons. The highest BCUT2D eigenvalue weighted by atomic mass is 16.6. The summed E-state index contributed by atoms with van der Waals surface area (Å²) in [7, 11) is 0. The number of pyridine rings is 1. The summed E-state index contributed by atoms with van der Waals surface area (Å²) >= 11 is 0. The second kappa shape index (κ2) is 13.0. The largest absolute Gasteiger partial charge is 0.457 e. The highest BCUT2D eigenvalue weighted by Crippen LogP contribution is 2.25. The number of aliphatic hydroxyl groups excluding tert-OH is 1. The molecule has 2 unspecified atom stereocenters. The van der Waals surface area contributed by atoms with Crippen molar-refractivity contribution in [2.24, 2.45) is 5.92 Å². The molecular formula is C27H38N4O4. The summed E-state index contributed by atoms with van der Waals surface area (Å²) < 4.78 is 10.6. The van der Waals surface area contributed by atoms with Gasteiger partial charge in [-0.25, -0.2) is 9.78 Å². The van der Waals surface area contributed by atoms with Crippen molar-refractivity contribution in [2.75, 3.05) is 63.9 Å². The van der Waals surface area contributed by atoms with Gasteiger partial charge < -0.3 is 24.4 Å². The van der Waals surface area contributed by atoms with Crippen molar-refractivity contribution >= 4 is 11.8 Å². The minimum absolute atomic E-state index is 0.263. The Morgan fingerprint density at radius 1 is 1.09 bits per heavy atom. The zero-order valence-electron chi connectivity index (χ0n) is 20.7. The number of aromatic nitrogens is 1. The summed E-state index contributed by atoms with van der Waals surface area (Å²) in [6.07, 6.45) is 3.29. The maximum Gasteiger partial charge on any atom is 0.340 e. The lowest BCUT2D eigenvalue weighted by Gasteiger charge is -2.35. The van der Waals surface area contributed by atoms with Gasteiger partial charge in [0.15, 0.2) is 6.29 Å². The average molecular weight is 483 g/mol.